The van der Waals surface area contributed by atoms with Crippen molar-refractivity contribution in [1.82, 2.24) is 10.2 Å². The second-order valence-corrected chi connectivity index (χ2v) is 6.27. The first-order valence-corrected chi connectivity index (χ1v) is 7.69. The zero-order valence-corrected chi connectivity index (χ0v) is 12.0. The number of amides is 1. The van der Waals surface area contributed by atoms with Crippen LogP contribution in [0.3, 0.4) is 0 Å². The zero-order valence-electron chi connectivity index (χ0n) is 12.0. The number of nitrogens with zero attached hydrogens (tertiary/aromatic N) is 1. The third-order valence-corrected chi connectivity index (χ3v) is 4.21. The normalized spacial score (nSPS) is 24.3. The van der Waals surface area contributed by atoms with E-state index in [1.165, 1.54) is 32.1 Å². The molecular formula is C15H28N2O. The highest BCUT2D eigenvalue weighted by Gasteiger charge is 2.28. The molecule has 1 aliphatic heterocycles. The van der Waals surface area contributed by atoms with Gasteiger partial charge in [-0.3, -0.25) is 4.79 Å². The predicted octanol–water partition coefficient (Wildman–Crippen LogP) is 2.56. The Morgan fingerprint density at radius 3 is 2.61 bits per heavy atom. The molecule has 1 atom stereocenters. The molecule has 0 radical (unpaired) electrons. The van der Waals surface area contributed by atoms with Gasteiger partial charge in [0, 0.05) is 25.0 Å². The van der Waals surface area contributed by atoms with Crippen molar-refractivity contribution < 1.29 is 4.79 Å². The van der Waals surface area contributed by atoms with Crippen LogP contribution in [0.2, 0.25) is 0 Å². The van der Waals surface area contributed by atoms with E-state index in [0.717, 1.165) is 31.8 Å². The van der Waals surface area contributed by atoms with Crippen molar-refractivity contribution in [3.63, 3.8) is 0 Å². The van der Waals surface area contributed by atoms with Crippen LogP contribution in [0.1, 0.15) is 58.8 Å². The Bertz CT molecular complexity index is 268. The monoisotopic (exact) mass is 252 g/mol. The first kappa shape index (κ1) is 13.9. The summed E-state index contributed by atoms with van der Waals surface area (Å²) < 4.78 is 0. The van der Waals surface area contributed by atoms with Crippen molar-refractivity contribution in [2.24, 2.45) is 5.92 Å². The lowest BCUT2D eigenvalue weighted by molar-refractivity contribution is -0.133. The zero-order chi connectivity index (χ0) is 13.0. The van der Waals surface area contributed by atoms with Gasteiger partial charge in [0.05, 0.1) is 0 Å². The molecule has 0 aromatic carbocycles. The van der Waals surface area contributed by atoms with Gasteiger partial charge < -0.3 is 10.2 Å². The van der Waals surface area contributed by atoms with Crippen LogP contribution in [0.4, 0.5) is 0 Å². The first-order chi connectivity index (χ1) is 8.66. The van der Waals surface area contributed by atoms with Crippen molar-refractivity contribution in [2.75, 3.05) is 13.1 Å². The molecule has 1 amide bonds. The highest BCUT2D eigenvalue weighted by molar-refractivity contribution is 5.76. The van der Waals surface area contributed by atoms with E-state index < -0.39 is 0 Å². The number of piperidine rings is 1. The Balaban J connectivity index is 1.73. The van der Waals surface area contributed by atoms with Crippen molar-refractivity contribution in [1.29, 1.82) is 0 Å². The summed E-state index contributed by atoms with van der Waals surface area (Å²) in [5.41, 5.74) is 0. The van der Waals surface area contributed by atoms with Crippen LogP contribution in [0.25, 0.3) is 0 Å². The Kier molecular flexibility index (Phi) is 5.04. The molecule has 2 aliphatic rings. The van der Waals surface area contributed by atoms with Gasteiger partial charge in [0.25, 0.3) is 0 Å². The number of hydrogen-bond donors (Lipinski definition) is 1. The number of carbonyl (C=O) groups is 1. The summed E-state index contributed by atoms with van der Waals surface area (Å²) >= 11 is 0. The van der Waals surface area contributed by atoms with E-state index in [4.69, 9.17) is 0 Å². The van der Waals surface area contributed by atoms with Gasteiger partial charge in [-0.05, 0) is 58.4 Å². The fourth-order valence-corrected chi connectivity index (χ4v) is 2.79. The molecule has 0 spiro atoms. The van der Waals surface area contributed by atoms with E-state index in [1.807, 2.05) is 0 Å². The predicted molar refractivity (Wildman–Crippen MR) is 74.4 cm³/mol. The molecule has 1 saturated heterocycles. The van der Waals surface area contributed by atoms with Gasteiger partial charge in [-0.15, -0.1) is 0 Å². The van der Waals surface area contributed by atoms with Gasteiger partial charge in [-0.1, -0.05) is 6.42 Å². The van der Waals surface area contributed by atoms with Crippen LogP contribution in [0, 0.1) is 5.92 Å². The molecule has 1 unspecified atom stereocenters. The molecule has 0 aromatic rings. The molecule has 2 fully saturated rings. The molecule has 3 nitrogen and oxygen atoms in total. The summed E-state index contributed by atoms with van der Waals surface area (Å²) in [6, 6.07) is 0.940. The molecule has 2 rings (SSSR count). The molecular weight excluding hydrogens is 224 g/mol. The topological polar surface area (TPSA) is 32.3 Å². The second kappa shape index (κ2) is 6.55. The summed E-state index contributed by atoms with van der Waals surface area (Å²) in [5, 5.41) is 3.52. The van der Waals surface area contributed by atoms with Crippen LogP contribution >= 0.6 is 0 Å². The quantitative estimate of drug-likeness (QED) is 0.788. The second-order valence-electron chi connectivity index (χ2n) is 6.27. The SMILES string of the molecule is CC(C)N(CC1CC1)C(=O)CCC1CCCCN1. The van der Waals surface area contributed by atoms with Gasteiger partial charge >= 0.3 is 0 Å². The maximum absolute atomic E-state index is 12.3. The minimum Gasteiger partial charge on any atom is -0.340 e. The fourth-order valence-electron chi connectivity index (χ4n) is 2.79. The Labute approximate surface area is 111 Å². The molecule has 1 heterocycles. The van der Waals surface area contributed by atoms with Crippen LogP contribution in [0.15, 0.2) is 0 Å². The van der Waals surface area contributed by atoms with Crippen LogP contribution in [-0.4, -0.2) is 36.0 Å². The maximum Gasteiger partial charge on any atom is 0.222 e. The maximum atomic E-state index is 12.3. The highest BCUT2D eigenvalue weighted by Crippen LogP contribution is 2.30. The van der Waals surface area contributed by atoms with Crippen LogP contribution in [0.5, 0.6) is 0 Å². The third kappa shape index (κ3) is 4.27. The molecule has 1 aliphatic carbocycles. The fraction of sp³-hybridized carbons (Fsp3) is 0.933. The van der Waals surface area contributed by atoms with E-state index in [1.54, 1.807) is 0 Å². The number of hydrogen-bond acceptors (Lipinski definition) is 2. The summed E-state index contributed by atoms with van der Waals surface area (Å²) in [4.78, 5) is 14.4. The Morgan fingerprint density at radius 1 is 1.28 bits per heavy atom. The Morgan fingerprint density at radius 2 is 2.06 bits per heavy atom. The largest absolute Gasteiger partial charge is 0.340 e. The van der Waals surface area contributed by atoms with E-state index in [0.29, 0.717) is 18.0 Å². The van der Waals surface area contributed by atoms with Gasteiger partial charge in [0.2, 0.25) is 5.91 Å². The van der Waals surface area contributed by atoms with E-state index >= 15 is 0 Å². The number of nitrogens with one attached hydrogen (secondary N) is 1. The summed E-state index contributed by atoms with van der Waals surface area (Å²) in [5.74, 6) is 1.16. The van der Waals surface area contributed by atoms with Gasteiger partial charge in [-0.2, -0.15) is 0 Å². The lowest BCUT2D eigenvalue weighted by atomic mass is 10.00. The summed E-state index contributed by atoms with van der Waals surface area (Å²) in [7, 11) is 0. The molecule has 0 aromatic heterocycles. The first-order valence-electron chi connectivity index (χ1n) is 7.69. The molecule has 1 N–H and O–H groups in total. The average Bonchev–Trinajstić information content (AvgIpc) is 3.18. The third-order valence-electron chi connectivity index (χ3n) is 4.21. The lowest BCUT2D eigenvalue weighted by Crippen LogP contribution is -2.40. The molecule has 104 valence electrons. The van der Waals surface area contributed by atoms with Crippen LogP contribution < -0.4 is 5.32 Å². The molecule has 0 bridgehead atoms. The minimum atomic E-state index is 0.359. The Hall–Kier alpha value is -0.570. The molecule has 3 heteroatoms. The molecule has 18 heavy (non-hydrogen) atoms. The van der Waals surface area contributed by atoms with Crippen molar-refractivity contribution in [3.8, 4) is 0 Å². The highest BCUT2D eigenvalue weighted by atomic mass is 16.2. The van der Waals surface area contributed by atoms with Crippen molar-refractivity contribution >= 4 is 5.91 Å². The van der Waals surface area contributed by atoms with Crippen molar-refractivity contribution in [2.45, 2.75) is 70.9 Å². The average molecular weight is 252 g/mol. The van der Waals surface area contributed by atoms with Crippen LogP contribution in [-0.2, 0) is 4.79 Å². The number of rotatable bonds is 6. The minimum absolute atomic E-state index is 0.359. The van der Waals surface area contributed by atoms with Gasteiger partial charge in [0.15, 0.2) is 0 Å². The van der Waals surface area contributed by atoms with E-state index in [9.17, 15) is 4.79 Å². The number of carbonyl (C=O) groups excluding carboxylic acids is 1. The van der Waals surface area contributed by atoms with Gasteiger partial charge in [-0.25, -0.2) is 0 Å². The van der Waals surface area contributed by atoms with Crippen molar-refractivity contribution in [3.05, 3.63) is 0 Å². The lowest BCUT2D eigenvalue weighted by Gasteiger charge is -2.28. The van der Waals surface area contributed by atoms with E-state index in [-0.39, 0.29) is 0 Å². The van der Waals surface area contributed by atoms with Gasteiger partial charge in [0.1, 0.15) is 0 Å². The standard InChI is InChI=1S/C15H28N2O/c1-12(2)17(11-13-6-7-13)15(18)9-8-14-5-3-4-10-16-14/h12-14,16H,3-11H2,1-2H3. The molecule has 1 saturated carbocycles. The van der Waals surface area contributed by atoms with E-state index in [2.05, 4.69) is 24.1 Å². The smallest absolute Gasteiger partial charge is 0.222 e. The summed E-state index contributed by atoms with van der Waals surface area (Å²) in [6.45, 7) is 6.40. The summed E-state index contributed by atoms with van der Waals surface area (Å²) in [6.07, 6.45) is 8.25.